The smallest absolute Gasteiger partial charge is 0.147 e. The van der Waals surface area contributed by atoms with Gasteiger partial charge in [0.15, 0.2) is 0 Å². The predicted octanol–water partition coefficient (Wildman–Crippen LogP) is 2.13. The van der Waals surface area contributed by atoms with Crippen molar-refractivity contribution in [3.05, 3.63) is 34.2 Å². The van der Waals surface area contributed by atoms with Gasteiger partial charge in [-0.1, -0.05) is 0 Å². The molecular formula is C14H19N5S. The van der Waals surface area contributed by atoms with E-state index in [1.54, 1.807) is 11.3 Å². The van der Waals surface area contributed by atoms with Crippen molar-refractivity contribution in [2.75, 3.05) is 11.9 Å². The van der Waals surface area contributed by atoms with Crippen molar-refractivity contribution in [3.63, 3.8) is 0 Å². The lowest BCUT2D eigenvalue weighted by atomic mass is 10.3. The summed E-state index contributed by atoms with van der Waals surface area (Å²) in [5, 5.41) is 3.46. The van der Waals surface area contributed by atoms with Crippen molar-refractivity contribution < 1.29 is 0 Å². The average Bonchev–Trinajstić information content (AvgIpc) is 3.21. The van der Waals surface area contributed by atoms with Gasteiger partial charge in [0.25, 0.3) is 0 Å². The van der Waals surface area contributed by atoms with E-state index in [9.17, 15) is 0 Å². The van der Waals surface area contributed by atoms with E-state index < -0.39 is 0 Å². The molecule has 0 radical (unpaired) electrons. The summed E-state index contributed by atoms with van der Waals surface area (Å²) in [4.78, 5) is 16.6. The number of anilines is 1. The van der Waals surface area contributed by atoms with E-state index in [-0.39, 0.29) is 0 Å². The van der Waals surface area contributed by atoms with Crippen LogP contribution in [0.5, 0.6) is 0 Å². The number of aryl methyl sites for hydroxylation is 1. The van der Waals surface area contributed by atoms with Gasteiger partial charge in [0.1, 0.15) is 5.82 Å². The summed E-state index contributed by atoms with van der Waals surface area (Å²) >= 11 is 1.69. The van der Waals surface area contributed by atoms with E-state index in [2.05, 4.69) is 25.2 Å². The zero-order valence-corrected chi connectivity index (χ0v) is 12.7. The first kappa shape index (κ1) is 13.5. The van der Waals surface area contributed by atoms with Crippen molar-refractivity contribution in [3.8, 4) is 0 Å². The molecule has 3 rings (SSSR count). The molecule has 0 bridgehead atoms. The summed E-state index contributed by atoms with van der Waals surface area (Å²) in [5.74, 6) is 0.910. The predicted molar refractivity (Wildman–Crippen MR) is 80.9 cm³/mol. The first-order chi connectivity index (χ1) is 9.72. The largest absolute Gasteiger partial charge is 0.353 e. The van der Waals surface area contributed by atoms with E-state index in [0.717, 1.165) is 30.3 Å². The first-order valence-electron chi connectivity index (χ1n) is 6.87. The van der Waals surface area contributed by atoms with Gasteiger partial charge in [-0.2, -0.15) is 0 Å². The Kier molecular flexibility index (Phi) is 3.93. The lowest BCUT2D eigenvalue weighted by Crippen LogP contribution is -2.20. The van der Waals surface area contributed by atoms with Crippen LogP contribution in [-0.4, -0.2) is 28.0 Å². The normalized spacial score (nSPS) is 14.5. The number of aromatic nitrogens is 3. The lowest BCUT2D eigenvalue weighted by Gasteiger charge is -2.17. The highest BCUT2D eigenvalue weighted by molar-refractivity contribution is 7.09. The van der Waals surface area contributed by atoms with Gasteiger partial charge >= 0.3 is 0 Å². The molecule has 1 saturated carbocycles. The minimum atomic E-state index is 0.693. The van der Waals surface area contributed by atoms with Crippen LogP contribution in [0.3, 0.4) is 0 Å². The SMILES string of the molecule is Cc1ncsc1CN(C)c1cncc(CNC2CC2)n1. The molecule has 1 N–H and O–H groups in total. The Hall–Kier alpha value is -1.53. The molecule has 20 heavy (non-hydrogen) atoms. The van der Waals surface area contributed by atoms with Gasteiger partial charge in [0, 0.05) is 30.7 Å². The van der Waals surface area contributed by atoms with E-state index in [1.807, 2.05) is 31.9 Å². The highest BCUT2D eigenvalue weighted by Gasteiger charge is 2.20. The Bertz CT molecular complexity index is 578. The van der Waals surface area contributed by atoms with Crippen molar-refractivity contribution in [1.29, 1.82) is 0 Å². The molecule has 0 unspecified atom stereocenters. The molecule has 0 aromatic carbocycles. The molecule has 2 aromatic heterocycles. The van der Waals surface area contributed by atoms with Crippen LogP contribution in [0, 0.1) is 6.92 Å². The summed E-state index contributed by atoms with van der Waals surface area (Å²) in [7, 11) is 2.04. The van der Waals surface area contributed by atoms with E-state index in [1.165, 1.54) is 17.7 Å². The molecule has 1 aliphatic rings. The minimum absolute atomic E-state index is 0.693. The van der Waals surface area contributed by atoms with Gasteiger partial charge in [0.2, 0.25) is 0 Å². The van der Waals surface area contributed by atoms with Crippen LogP contribution in [-0.2, 0) is 13.1 Å². The number of thiazole rings is 1. The monoisotopic (exact) mass is 289 g/mol. The van der Waals surface area contributed by atoms with Gasteiger partial charge in [-0.3, -0.25) is 4.98 Å². The van der Waals surface area contributed by atoms with E-state index in [4.69, 9.17) is 0 Å². The second kappa shape index (κ2) is 5.85. The summed E-state index contributed by atoms with van der Waals surface area (Å²) in [6.07, 6.45) is 6.23. The van der Waals surface area contributed by atoms with Crippen molar-refractivity contribution in [2.24, 2.45) is 0 Å². The van der Waals surface area contributed by atoms with Gasteiger partial charge in [-0.05, 0) is 19.8 Å². The number of hydrogen-bond donors (Lipinski definition) is 1. The van der Waals surface area contributed by atoms with Crippen molar-refractivity contribution in [2.45, 2.75) is 38.9 Å². The second-order valence-electron chi connectivity index (χ2n) is 5.24. The standard InChI is InChI=1S/C14H19N5S/c1-10-13(20-9-17-10)8-19(2)14-7-15-5-12(18-14)6-16-11-3-4-11/h5,7,9,11,16H,3-4,6,8H2,1-2H3. The summed E-state index contributed by atoms with van der Waals surface area (Å²) in [6, 6.07) is 0.693. The van der Waals surface area contributed by atoms with Crippen LogP contribution in [0.25, 0.3) is 0 Å². The van der Waals surface area contributed by atoms with Crippen LogP contribution in [0.15, 0.2) is 17.9 Å². The van der Waals surface area contributed by atoms with E-state index >= 15 is 0 Å². The number of nitrogens with one attached hydrogen (secondary N) is 1. The third-order valence-electron chi connectivity index (χ3n) is 3.44. The summed E-state index contributed by atoms with van der Waals surface area (Å²) in [5.41, 5.74) is 3.99. The van der Waals surface area contributed by atoms with Crippen LogP contribution >= 0.6 is 11.3 Å². The fourth-order valence-corrected chi connectivity index (χ4v) is 2.80. The molecule has 0 spiro atoms. The van der Waals surface area contributed by atoms with Crippen LogP contribution in [0.1, 0.15) is 29.1 Å². The summed E-state index contributed by atoms with van der Waals surface area (Å²) < 4.78 is 0. The molecule has 0 saturated heterocycles. The van der Waals surface area contributed by atoms with Crippen molar-refractivity contribution in [1.82, 2.24) is 20.3 Å². The zero-order chi connectivity index (χ0) is 13.9. The molecule has 1 fully saturated rings. The average molecular weight is 289 g/mol. The van der Waals surface area contributed by atoms with Crippen molar-refractivity contribution >= 4 is 17.2 Å². The molecule has 6 heteroatoms. The van der Waals surface area contributed by atoms with Gasteiger partial charge in [-0.15, -0.1) is 11.3 Å². The van der Waals surface area contributed by atoms with Crippen LogP contribution in [0.4, 0.5) is 5.82 Å². The fraction of sp³-hybridized carbons (Fsp3) is 0.500. The third-order valence-corrected chi connectivity index (χ3v) is 4.36. The molecule has 0 aliphatic heterocycles. The Morgan fingerprint density at radius 2 is 2.25 bits per heavy atom. The molecule has 2 heterocycles. The quantitative estimate of drug-likeness (QED) is 0.883. The Morgan fingerprint density at radius 1 is 1.40 bits per heavy atom. The van der Waals surface area contributed by atoms with Crippen LogP contribution in [0.2, 0.25) is 0 Å². The Balaban J connectivity index is 1.65. The lowest BCUT2D eigenvalue weighted by molar-refractivity contribution is 0.670. The Morgan fingerprint density at radius 3 is 2.95 bits per heavy atom. The number of hydrogen-bond acceptors (Lipinski definition) is 6. The third kappa shape index (κ3) is 3.32. The minimum Gasteiger partial charge on any atom is -0.353 e. The maximum Gasteiger partial charge on any atom is 0.147 e. The zero-order valence-electron chi connectivity index (χ0n) is 11.8. The molecule has 0 atom stereocenters. The van der Waals surface area contributed by atoms with Gasteiger partial charge in [0.05, 0.1) is 29.6 Å². The van der Waals surface area contributed by atoms with Gasteiger partial charge in [-0.25, -0.2) is 9.97 Å². The molecule has 2 aromatic rings. The van der Waals surface area contributed by atoms with Crippen LogP contribution < -0.4 is 10.2 Å². The highest BCUT2D eigenvalue weighted by Crippen LogP contribution is 2.20. The number of nitrogens with zero attached hydrogens (tertiary/aromatic N) is 4. The summed E-state index contributed by atoms with van der Waals surface area (Å²) in [6.45, 7) is 3.67. The Labute approximate surface area is 123 Å². The maximum atomic E-state index is 4.67. The molecule has 1 aliphatic carbocycles. The van der Waals surface area contributed by atoms with Gasteiger partial charge < -0.3 is 10.2 Å². The first-order valence-corrected chi connectivity index (χ1v) is 7.75. The highest BCUT2D eigenvalue weighted by atomic mass is 32.1. The number of rotatable bonds is 6. The molecule has 0 amide bonds. The maximum absolute atomic E-state index is 4.67. The second-order valence-corrected chi connectivity index (χ2v) is 6.18. The molecular weight excluding hydrogens is 270 g/mol. The molecule has 106 valence electrons. The molecule has 5 nitrogen and oxygen atoms in total. The fourth-order valence-electron chi connectivity index (χ4n) is 1.97. The topological polar surface area (TPSA) is 53.9 Å². The van der Waals surface area contributed by atoms with E-state index in [0.29, 0.717) is 6.04 Å².